The molecule has 0 fully saturated rings. The Morgan fingerprint density at radius 2 is 1.94 bits per heavy atom. The van der Waals surface area contributed by atoms with Crippen molar-refractivity contribution in [1.82, 2.24) is 0 Å². The molecular formula is C11H7Cl2NOS. The molecule has 1 heterocycles. The smallest absolute Gasteiger partial charge is 0.196 e. The molecule has 2 nitrogen and oxygen atoms in total. The molecule has 1 aromatic carbocycles. The van der Waals surface area contributed by atoms with Crippen molar-refractivity contribution in [2.45, 2.75) is 0 Å². The number of rotatable bonds is 2. The third-order valence-electron chi connectivity index (χ3n) is 2.12. The van der Waals surface area contributed by atoms with E-state index < -0.39 is 0 Å². The summed E-state index contributed by atoms with van der Waals surface area (Å²) in [5, 5.41) is 3.08. The molecule has 2 rings (SSSR count). The minimum atomic E-state index is -0.141. The summed E-state index contributed by atoms with van der Waals surface area (Å²) in [6.07, 6.45) is 0. The molecule has 2 N–H and O–H groups in total. The van der Waals surface area contributed by atoms with E-state index in [0.717, 1.165) is 0 Å². The number of hydrogen-bond donors (Lipinski definition) is 1. The Bertz CT molecular complexity index is 551. The third-order valence-corrected chi connectivity index (χ3v) is 3.61. The number of anilines is 1. The lowest BCUT2D eigenvalue weighted by atomic mass is 10.1. The van der Waals surface area contributed by atoms with Gasteiger partial charge in [-0.2, -0.15) is 0 Å². The first-order valence-electron chi connectivity index (χ1n) is 4.42. The molecule has 1 aromatic heterocycles. The van der Waals surface area contributed by atoms with Crippen LogP contribution in [0.1, 0.15) is 15.9 Å². The van der Waals surface area contributed by atoms with Crippen LogP contribution >= 0.6 is 34.5 Å². The standard InChI is InChI=1S/C11H7Cl2NOS/c12-8-2-1-6(5-9(8)13)10(15)7-3-4-16-11(7)14/h1-5H,14H2. The van der Waals surface area contributed by atoms with Crippen molar-refractivity contribution in [2.75, 3.05) is 5.73 Å². The molecule has 5 heteroatoms. The number of ketones is 1. The van der Waals surface area contributed by atoms with Gasteiger partial charge in [-0.1, -0.05) is 23.2 Å². The maximum Gasteiger partial charge on any atom is 0.196 e. The number of thiophene rings is 1. The van der Waals surface area contributed by atoms with E-state index in [1.807, 2.05) is 0 Å². The van der Waals surface area contributed by atoms with Crippen LogP contribution in [0, 0.1) is 0 Å². The highest BCUT2D eigenvalue weighted by molar-refractivity contribution is 7.14. The highest BCUT2D eigenvalue weighted by Gasteiger charge is 2.14. The van der Waals surface area contributed by atoms with Gasteiger partial charge in [0.15, 0.2) is 5.78 Å². The fourth-order valence-electron chi connectivity index (χ4n) is 1.30. The van der Waals surface area contributed by atoms with Gasteiger partial charge in [-0.05, 0) is 29.6 Å². The number of carbonyl (C=O) groups is 1. The van der Waals surface area contributed by atoms with Gasteiger partial charge in [0, 0.05) is 5.56 Å². The van der Waals surface area contributed by atoms with Crippen LogP contribution in [0.2, 0.25) is 10.0 Å². The van der Waals surface area contributed by atoms with Crippen LogP contribution in [0.4, 0.5) is 5.00 Å². The van der Waals surface area contributed by atoms with Gasteiger partial charge < -0.3 is 5.73 Å². The third kappa shape index (κ3) is 2.07. The molecule has 0 saturated heterocycles. The van der Waals surface area contributed by atoms with E-state index in [2.05, 4.69) is 0 Å². The monoisotopic (exact) mass is 271 g/mol. The van der Waals surface area contributed by atoms with Gasteiger partial charge in [-0.15, -0.1) is 11.3 Å². The van der Waals surface area contributed by atoms with E-state index in [4.69, 9.17) is 28.9 Å². The van der Waals surface area contributed by atoms with Crippen LogP contribution in [0.15, 0.2) is 29.6 Å². The molecular weight excluding hydrogens is 265 g/mol. The van der Waals surface area contributed by atoms with Gasteiger partial charge in [0.25, 0.3) is 0 Å². The Labute approximate surface area is 107 Å². The maximum absolute atomic E-state index is 12.0. The quantitative estimate of drug-likeness (QED) is 0.843. The molecule has 0 unspecified atom stereocenters. The average Bonchev–Trinajstić information content (AvgIpc) is 2.67. The first-order valence-corrected chi connectivity index (χ1v) is 6.06. The molecule has 0 aliphatic carbocycles. The lowest BCUT2D eigenvalue weighted by molar-refractivity contribution is 0.104. The lowest BCUT2D eigenvalue weighted by Gasteiger charge is -2.02. The normalized spacial score (nSPS) is 10.4. The zero-order valence-electron chi connectivity index (χ0n) is 8.04. The van der Waals surface area contributed by atoms with E-state index >= 15 is 0 Å². The summed E-state index contributed by atoms with van der Waals surface area (Å²) in [4.78, 5) is 12.0. The fourth-order valence-corrected chi connectivity index (χ4v) is 2.24. The van der Waals surface area contributed by atoms with Crippen LogP contribution < -0.4 is 5.73 Å². The van der Waals surface area contributed by atoms with E-state index in [1.165, 1.54) is 11.3 Å². The molecule has 0 radical (unpaired) electrons. The van der Waals surface area contributed by atoms with E-state index in [9.17, 15) is 4.79 Å². The molecule has 0 amide bonds. The number of hydrogen-bond acceptors (Lipinski definition) is 3. The fraction of sp³-hybridized carbons (Fsp3) is 0. The van der Waals surface area contributed by atoms with Gasteiger partial charge in [0.2, 0.25) is 0 Å². The molecule has 0 aliphatic rings. The number of halogens is 2. The van der Waals surface area contributed by atoms with Gasteiger partial charge in [-0.3, -0.25) is 4.79 Å². The van der Waals surface area contributed by atoms with E-state index in [1.54, 1.807) is 29.6 Å². The van der Waals surface area contributed by atoms with Crippen molar-refractivity contribution < 1.29 is 4.79 Å². The maximum atomic E-state index is 12.0. The topological polar surface area (TPSA) is 43.1 Å². The van der Waals surface area contributed by atoms with Crippen molar-refractivity contribution in [3.05, 3.63) is 50.8 Å². The van der Waals surface area contributed by atoms with Crippen molar-refractivity contribution in [1.29, 1.82) is 0 Å². The van der Waals surface area contributed by atoms with Crippen LogP contribution in [0.3, 0.4) is 0 Å². The van der Waals surface area contributed by atoms with Gasteiger partial charge >= 0.3 is 0 Å². The van der Waals surface area contributed by atoms with Gasteiger partial charge in [0.1, 0.15) is 0 Å². The Kier molecular flexibility index (Phi) is 3.19. The van der Waals surface area contributed by atoms with E-state index in [-0.39, 0.29) is 5.78 Å². The molecule has 16 heavy (non-hydrogen) atoms. The second kappa shape index (κ2) is 4.45. The summed E-state index contributed by atoms with van der Waals surface area (Å²) in [5.74, 6) is -0.141. The minimum absolute atomic E-state index is 0.141. The highest BCUT2D eigenvalue weighted by atomic mass is 35.5. The molecule has 0 bridgehead atoms. The van der Waals surface area contributed by atoms with Gasteiger partial charge in [-0.25, -0.2) is 0 Å². The summed E-state index contributed by atoms with van der Waals surface area (Å²) < 4.78 is 0. The number of benzene rings is 1. The van der Waals surface area contributed by atoms with Crippen molar-refractivity contribution in [3.8, 4) is 0 Å². The Hall–Kier alpha value is -1.03. The van der Waals surface area contributed by atoms with Crippen LogP contribution in [-0.4, -0.2) is 5.78 Å². The SMILES string of the molecule is Nc1sccc1C(=O)c1ccc(Cl)c(Cl)c1. The molecule has 2 aromatic rings. The minimum Gasteiger partial charge on any atom is -0.390 e. The highest BCUT2D eigenvalue weighted by Crippen LogP contribution is 2.26. The number of nitrogens with two attached hydrogens (primary N) is 1. The second-order valence-corrected chi connectivity index (χ2v) is 4.92. The molecule has 0 aliphatic heterocycles. The Balaban J connectivity index is 2.42. The largest absolute Gasteiger partial charge is 0.390 e. The van der Waals surface area contributed by atoms with Crippen molar-refractivity contribution >= 4 is 45.3 Å². The van der Waals surface area contributed by atoms with Gasteiger partial charge in [0.05, 0.1) is 20.6 Å². The first kappa shape index (κ1) is 11.5. The summed E-state index contributed by atoms with van der Waals surface area (Å²) in [5.41, 5.74) is 6.67. The first-order chi connectivity index (χ1) is 7.59. The van der Waals surface area contributed by atoms with E-state index in [0.29, 0.717) is 26.2 Å². The second-order valence-electron chi connectivity index (χ2n) is 3.16. The van der Waals surface area contributed by atoms with Crippen LogP contribution in [0.5, 0.6) is 0 Å². The van der Waals surface area contributed by atoms with Crippen LogP contribution in [0.25, 0.3) is 0 Å². The molecule has 0 saturated carbocycles. The summed E-state index contributed by atoms with van der Waals surface area (Å²) in [7, 11) is 0. The summed E-state index contributed by atoms with van der Waals surface area (Å²) >= 11 is 13.0. The number of nitrogen functional groups attached to an aromatic ring is 1. The molecule has 82 valence electrons. The molecule has 0 atom stereocenters. The van der Waals surface area contributed by atoms with Crippen molar-refractivity contribution in [3.63, 3.8) is 0 Å². The van der Waals surface area contributed by atoms with Crippen molar-refractivity contribution in [2.24, 2.45) is 0 Å². The van der Waals surface area contributed by atoms with Crippen LogP contribution in [-0.2, 0) is 0 Å². The Morgan fingerprint density at radius 3 is 2.50 bits per heavy atom. The molecule has 0 spiro atoms. The lowest BCUT2D eigenvalue weighted by Crippen LogP contribution is -2.02. The number of carbonyl (C=O) groups excluding carboxylic acids is 1. The zero-order valence-corrected chi connectivity index (χ0v) is 10.4. The zero-order chi connectivity index (χ0) is 11.7. The Morgan fingerprint density at radius 1 is 1.19 bits per heavy atom. The predicted octanol–water partition coefficient (Wildman–Crippen LogP) is 3.87. The summed E-state index contributed by atoms with van der Waals surface area (Å²) in [6.45, 7) is 0. The summed E-state index contributed by atoms with van der Waals surface area (Å²) in [6, 6.07) is 6.47. The predicted molar refractivity (Wildman–Crippen MR) is 68.6 cm³/mol. The average molecular weight is 272 g/mol.